The van der Waals surface area contributed by atoms with Gasteiger partial charge in [-0.15, -0.1) is 0 Å². The Morgan fingerprint density at radius 3 is 2.44 bits per heavy atom. The van der Waals surface area contributed by atoms with Gasteiger partial charge in [-0.05, 0) is 52.0 Å². The van der Waals surface area contributed by atoms with Crippen molar-refractivity contribution >= 4 is 11.9 Å². The molecule has 0 fully saturated rings. The van der Waals surface area contributed by atoms with Crippen LogP contribution < -0.4 is 10.1 Å². The first-order chi connectivity index (χ1) is 11.9. The van der Waals surface area contributed by atoms with Crippen LogP contribution in [0.2, 0.25) is 0 Å². The molecule has 0 saturated heterocycles. The van der Waals surface area contributed by atoms with Crippen molar-refractivity contribution in [3.8, 4) is 5.75 Å². The second kappa shape index (κ2) is 8.32. The Bertz CT molecular complexity index is 715. The molecule has 25 heavy (non-hydrogen) atoms. The number of rotatable bonds is 7. The second-order valence-corrected chi connectivity index (χ2v) is 5.91. The summed E-state index contributed by atoms with van der Waals surface area (Å²) in [5.41, 5.74) is 2.04. The van der Waals surface area contributed by atoms with E-state index in [0.29, 0.717) is 17.9 Å². The average Bonchev–Trinajstić information content (AvgIpc) is 2.89. The molecule has 7 nitrogen and oxygen atoms in total. The molecule has 0 aliphatic carbocycles. The molecule has 0 aliphatic rings. The van der Waals surface area contributed by atoms with Gasteiger partial charge in [0.15, 0.2) is 6.61 Å². The summed E-state index contributed by atoms with van der Waals surface area (Å²) >= 11 is 0. The number of nitrogens with one attached hydrogen (secondary N) is 1. The zero-order valence-corrected chi connectivity index (χ0v) is 14.8. The molecule has 1 aromatic carbocycles. The van der Waals surface area contributed by atoms with Gasteiger partial charge in [-0.1, -0.05) is 5.16 Å². The molecular weight excluding hydrogens is 324 g/mol. The van der Waals surface area contributed by atoms with Crippen molar-refractivity contribution in [1.29, 1.82) is 0 Å². The van der Waals surface area contributed by atoms with E-state index >= 15 is 0 Å². The minimum absolute atomic E-state index is 0.000310. The summed E-state index contributed by atoms with van der Waals surface area (Å²) < 4.78 is 15.7. The van der Waals surface area contributed by atoms with Crippen LogP contribution in [-0.2, 0) is 16.1 Å². The monoisotopic (exact) mass is 346 g/mol. The fourth-order valence-electron chi connectivity index (χ4n) is 2.13. The van der Waals surface area contributed by atoms with Gasteiger partial charge in [-0.25, -0.2) is 4.79 Å². The summed E-state index contributed by atoms with van der Waals surface area (Å²) in [6, 6.07) is 6.52. The zero-order chi connectivity index (χ0) is 18.4. The molecule has 2 rings (SSSR count). The molecule has 134 valence electrons. The summed E-state index contributed by atoms with van der Waals surface area (Å²) in [6.45, 7) is 7.38. The minimum atomic E-state index is -0.559. The molecule has 1 amide bonds. The number of aromatic nitrogens is 1. The SMILES string of the molecule is Cc1noc(C)c1COc1ccc(C(=O)OCC(=O)NC(C)C)cc1. The number of aryl methyl sites for hydroxylation is 2. The van der Waals surface area contributed by atoms with Crippen molar-refractivity contribution in [2.24, 2.45) is 0 Å². The number of hydrogen-bond acceptors (Lipinski definition) is 6. The lowest BCUT2D eigenvalue weighted by Gasteiger charge is -2.09. The van der Waals surface area contributed by atoms with E-state index in [-0.39, 0.29) is 18.6 Å². The van der Waals surface area contributed by atoms with E-state index < -0.39 is 5.97 Å². The highest BCUT2D eigenvalue weighted by Gasteiger charge is 2.12. The Morgan fingerprint density at radius 1 is 1.20 bits per heavy atom. The smallest absolute Gasteiger partial charge is 0.338 e. The van der Waals surface area contributed by atoms with E-state index in [4.69, 9.17) is 14.0 Å². The van der Waals surface area contributed by atoms with Crippen molar-refractivity contribution in [1.82, 2.24) is 10.5 Å². The summed E-state index contributed by atoms with van der Waals surface area (Å²) in [4.78, 5) is 23.4. The standard InChI is InChI=1S/C18H22N2O5/c1-11(2)19-17(21)10-24-18(22)14-5-7-15(8-6-14)23-9-16-12(3)20-25-13(16)4/h5-8,11H,9-10H2,1-4H3,(H,19,21). The quantitative estimate of drug-likeness (QED) is 0.775. The van der Waals surface area contributed by atoms with Crippen LogP contribution >= 0.6 is 0 Å². The van der Waals surface area contributed by atoms with Crippen molar-refractivity contribution in [3.63, 3.8) is 0 Å². The third-order valence-electron chi connectivity index (χ3n) is 3.44. The van der Waals surface area contributed by atoms with Gasteiger partial charge in [-0.2, -0.15) is 0 Å². The number of benzene rings is 1. The van der Waals surface area contributed by atoms with Gasteiger partial charge in [0.2, 0.25) is 0 Å². The maximum atomic E-state index is 11.9. The third kappa shape index (κ3) is 5.34. The molecular formula is C18H22N2O5. The number of carbonyl (C=O) groups is 2. The van der Waals surface area contributed by atoms with Gasteiger partial charge in [0.25, 0.3) is 5.91 Å². The number of carbonyl (C=O) groups excluding carboxylic acids is 2. The van der Waals surface area contributed by atoms with Crippen LogP contribution in [0.5, 0.6) is 5.75 Å². The van der Waals surface area contributed by atoms with Crippen LogP contribution in [0.3, 0.4) is 0 Å². The third-order valence-corrected chi connectivity index (χ3v) is 3.44. The normalized spacial score (nSPS) is 10.6. The first-order valence-corrected chi connectivity index (χ1v) is 7.98. The Morgan fingerprint density at radius 2 is 1.88 bits per heavy atom. The fraction of sp³-hybridized carbons (Fsp3) is 0.389. The Balaban J connectivity index is 1.86. The van der Waals surface area contributed by atoms with E-state index in [1.807, 2.05) is 27.7 Å². The predicted molar refractivity (Wildman–Crippen MR) is 90.3 cm³/mol. The van der Waals surface area contributed by atoms with Gasteiger partial charge < -0.3 is 19.3 Å². The first kappa shape index (κ1) is 18.5. The highest BCUT2D eigenvalue weighted by Crippen LogP contribution is 2.18. The van der Waals surface area contributed by atoms with Crippen molar-refractivity contribution in [3.05, 3.63) is 46.8 Å². The molecule has 1 aromatic heterocycles. The average molecular weight is 346 g/mol. The Labute approximate surface area is 146 Å². The first-order valence-electron chi connectivity index (χ1n) is 7.98. The molecule has 1 N–H and O–H groups in total. The highest BCUT2D eigenvalue weighted by atomic mass is 16.5. The second-order valence-electron chi connectivity index (χ2n) is 5.91. The number of hydrogen-bond donors (Lipinski definition) is 1. The van der Waals surface area contributed by atoms with Crippen LogP contribution in [0.4, 0.5) is 0 Å². The Kier molecular flexibility index (Phi) is 6.16. The zero-order valence-electron chi connectivity index (χ0n) is 14.8. The number of nitrogens with zero attached hydrogens (tertiary/aromatic N) is 1. The van der Waals surface area contributed by atoms with Gasteiger partial charge in [0.05, 0.1) is 16.8 Å². The summed E-state index contributed by atoms with van der Waals surface area (Å²) in [6.07, 6.45) is 0. The molecule has 0 atom stereocenters. The van der Waals surface area contributed by atoms with Crippen molar-refractivity contribution in [2.75, 3.05) is 6.61 Å². The molecule has 0 radical (unpaired) electrons. The van der Waals surface area contributed by atoms with Crippen LogP contribution in [0, 0.1) is 13.8 Å². The van der Waals surface area contributed by atoms with Gasteiger partial charge in [-0.3, -0.25) is 4.79 Å². The van der Waals surface area contributed by atoms with Crippen LogP contribution in [-0.4, -0.2) is 29.7 Å². The number of amides is 1. The van der Waals surface area contributed by atoms with E-state index in [0.717, 1.165) is 17.0 Å². The summed E-state index contributed by atoms with van der Waals surface area (Å²) in [7, 11) is 0. The lowest BCUT2D eigenvalue weighted by molar-refractivity contribution is -0.124. The van der Waals surface area contributed by atoms with E-state index in [2.05, 4.69) is 10.5 Å². The van der Waals surface area contributed by atoms with Crippen molar-refractivity contribution < 1.29 is 23.6 Å². The van der Waals surface area contributed by atoms with Gasteiger partial charge >= 0.3 is 5.97 Å². The highest BCUT2D eigenvalue weighted by molar-refractivity contribution is 5.91. The summed E-state index contributed by atoms with van der Waals surface area (Å²) in [5, 5.41) is 6.52. The number of esters is 1. The topological polar surface area (TPSA) is 90.7 Å². The maximum absolute atomic E-state index is 11.9. The molecule has 1 heterocycles. The molecule has 0 unspecified atom stereocenters. The van der Waals surface area contributed by atoms with Crippen LogP contribution in [0.1, 0.15) is 41.2 Å². The van der Waals surface area contributed by atoms with Gasteiger partial charge in [0, 0.05) is 6.04 Å². The molecule has 0 saturated carbocycles. The largest absolute Gasteiger partial charge is 0.489 e. The Hall–Kier alpha value is -2.83. The molecule has 2 aromatic rings. The lowest BCUT2D eigenvalue weighted by atomic mass is 10.2. The van der Waals surface area contributed by atoms with E-state index in [1.54, 1.807) is 24.3 Å². The molecule has 0 bridgehead atoms. The fourth-order valence-corrected chi connectivity index (χ4v) is 2.13. The van der Waals surface area contributed by atoms with E-state index in [9.17, 15) is 9.59 Å². The number of ether oxygens (including phenoxy) is 2. The van der Waals surface area contributed by atoms with Gasteiger partial charge in [0.1, 0.15) is 18.1 Å². The molecule has 0 aliphatic heterocycles. The van der Waals surface area contributed by atoms with E-state index in [1.165, 1.54) is 0 Å². The predicted octanol–water partition coefficient (Wildman–Crippen LogP) is 2.55. The van der Waals surface area contributed by atoms with Crippen LogP contribution in [0.15, 0.2) is 28.8 Å². The minimum Gasteiger partial charge on any atom is -0.489 e. The molecule has 0 spiro atoms. The van der Waals surface area contributed by atoms with Crippen molar-refractivity contribution in [2.45, 2.75) is 40.3 Å². The maximum Gasteiger partial charge on any atom is 0.338 e. The lowest BCUT2D eigenvalue weighted by Crippen LogP contribution is -2.33. The summed E-state index contributed by atoms with van der Waals surface area (Å²) in [5.74, 6) is 0.436. The molecule has 7 heteroatoms. The van der Waals surface area contributed by atoms with Crippen LogP contribution in [0.25, 0.3) is 0 Å².